The molecule has 5 rings (SSSR count). The molecule has 0 N–H and O–H groups in total. The molecule has 1 aliphatic rings. The third kappa shape index (κ3) is 3.08. The lowest BCUT2D eigenvalue weighted by Crippen LogP contribution is -2.14. The van der Waals surface area contributed by atoms with Crippen LogP contribution in [0.25, 0.3) is 10.6 Å². The fourth-order valence-electron chi connectivity index (χ4n) is 3.77. The summed E-state index contributed by atoms with van der Waals surface area (Å²) in [6, 6.07) is 12.1. The molecule has 4 aromatic rings. The molecular weight excluding hydrogens is 388 g/mol. The van der Waals surface area contributed by atoms with Crippen molar-refractivity contribution in [1.29, 1.82) is 0 Å². The lowest BCUT2D eigenvalue weighted by atomic mass is 10.0. The molecule has 5 nitrogen and oxygen atoms in total. The summed E-state index contributed by atoms with van der Waals surface area (Å²) in [5.74, 6) is 0.630. The number of aryl methyl sites for hydroxylation is 2. The molecule has 3 heterocycles. The Morgan fingerprint density at radius 3 is 2.82 bits per heavy atom. The summed E-state index contributed by atoms with van der Waals surface area (Å²) >= 11 is 3.17. The zero-order valence-corrected chi connectivity index (χ0v) is 17.2. The van der Waals surface area contributed by atoms with Gasteiger partial charge in [0.2, 0.25) is 0 Å². The number of nitrogens with zero attached hydrogens (tertiary/aromatic N) is 4. The van der Waals surface area contributed by atoms with E-state index in [9.17, 15) is 4.79 Å². The average molecular weight is 409 g/mol. The molecule has 0 unspecified atom stereocenters. The van der Waals surface area contributed by atoms with E-state index in [-0.39, 0.29) is 5.56 Å². The summed E-state index contributed by atoms with van der Waals surface area (Å²) in [6.07, 6.45) is 4.53. The van der Waals surface area contributed by atoms with E-state index in [4.69, 9.17) is 4.98 Å². The van der Waals surface area contributed by atoms with Crippen LogP contribution in [0.5, 0.6) is 0 Å². The predicted octanol–water partition coefficient (Wildman–Crippen LogP) is 4.42. The van der Waals surface area contributed by atoms with Crippen LogP contribution in [0, 0.1) is 6.92 Å². The number of para-hydroxylation sites is 1. The summed E-state index contributed by atoms with van der Waals surface area (Å²) in [7, 11) is 0. The maximum Gasteiger partial charge on any atom is 0.258 e. The summed E-state index contributed by atoms with van der Waals surface area (Å²) in [6.45, 7) is 1.93. The summed E-state index contributed by atoms with van der Waals surface area (Å²) < 4.78 is 3.96. The normalized spacial score (nSPS) is 13.8. The summed E-state index contributed by atoms with van der Waals surface area (Å²) in [5.41, 5.74) is 5.43. The van der Waals surface area contributed by atoms with Crippen molar-refractivity contribution in [2.75, 3.05) is 0 Å². The van der Waals surface area contributed by atoms with E-state index in [2.05, 4.69) is 33.8 Å². The Morgan fingerprint density at radius 2 is 1.96 bits per heavy atom. The maximum atomic E-state index is 12.4. The molecule has 0 spiro atoms. The lowest BCUT2D eigenvalue weighted by Gasteiger charge is -2.15. The molecule has 0 bridgehead atoms. The Hall–Kier alpha value is -2.38. The standard InChI is InChI=1S/C21H20N4OS2/c1-14-12-27-20-22-15(11-19(26)24(14)20)13-28-21-23-17-9-5-6-10-18(17)25(21)16-7-3-2-4-8-16/h2-4,7-8,11-12H,5-6,9-10,13H2,1H3. The van der Waals surface area contributed by atoms with E-state index in [1.807, 2.05) is 18.4 Å². The number of imidazole rings is 1. The minimum absolute atomic E-state index is 0.00922. The second-order valence-electron chi connectivity index (χ2n) is 7.04. The molecule has 0 aliphatic heterocycles. The Balaban J connectivity index is 1.50. The van der Waals surface area contributed by atoms with Gasteiger partial charge in [0.25, 0.3) is 5.56 Å². The van der Waals surface area contributed by atoms with Gasteiger partial charge in [-0.3, -0.25) is 13.8 Å². The first-order chi connectivity index (χ1) is 13.7. The average Bonchev–Trinajstić information content (AvgIpc) is 3.27. The maximum absolute atomic E-state index is 12.4. The molecular formula is C21H20N4OS2. The number of aromatic nitrogens is 4. The summed E-state index contributed by atoms with van der Waals surface area (Å²) in [4.78, 5) is 22.8. The quantitative estimate of drug-likeness (QED) is 0.469. The van der Waals surface area contributed by atoms with Crippen LogP contribution in [0.15, 0.2) is 51.7 Å². The SMILES string of the molecule is Cc1csc2nc(CSc3nc4c(n3-c3ccccc3)CCCC4)cc(=O)n12. The molecule has 0 atom stereocenters. The van der Waals surface area contributed by atoms with Crippen molar-refractivity contribution >= 4 is 28.1 Å². The van der Waals surface area contributed by atoms with Crippen LogP contribution in [-0.4, -0.2) is 18.9 Å². The van der Waals surface area contributed by atoms with E-state index < -0.39 is 0 Å². The lowest BCUT2D eigenvalue weighted by molar-refractivity contribution is 0.654. The van der Waals surface area contributed by atoms with Gasteiger partial charge in [-0.15, -0.1) is 11.3 Å². The van der Waals surface area contributed by atoms with Crippen molar-refractivity contribution in [3.63, 3.8) is 0 Å². The van der Waals surface area contributed by atoms with Crippen molar-refractivity contribution in [2.24, 2.45) is 0 Å². The van der Waals surface area contributed by atoms with Gasteiger partial charge in [0, 0.05) is 34.3 Å². The molecule has 7 heteroatoms. The van der Waals surface area contributed by atoms with E-state index in [0.29, 0.717) is 5.75 Å². The van der Waals surface area contributed by atoms with Crippen LogP contribution in [0.2, 0.25) is 0 Å². The monoisotopic (exact) mass is 408 g/mol. The van der Waals surface area contributed by atoms with Crippen LogP contribution in [0.4, 0.5) is 0 Å². The number of benzene rings is 1. The zero-order chi connectivity index (χ0) is 19.1. The number of hydrogen-bond donors (Lipinski definition) is 0. The van der Waals surface area contributed by atoms with Crippen LogP contribution < -0.4 is 5.56 Å². The molecule has 0 amide bonds. The first kappa shape index (κ1) is 17.7. The second kappa shape index (κ2) is 7.22. The van der Waals surface area contributed by atoms with Crippen LogP contribution in [0.3, 0.4) is 0 Å². The largest absolute Gasteiger partial charge is 0.292 e. The van der Waals surface area contributed by atoms with Gasteiger partial charge in [-0.2, -0.15) is 0 Å². The van der Waals surface area contributed by atoms with E-state index in [0.717, 1.165) is 40.0 Å². The molecule has 0 saturated heterocycles. The highest BCUT2D eigenvalue weighted by atomic mass is 32.2. The smallest absolute Gasteiger partial charge is 0.258 e. The third-order valence-electron chi connectivity index (χ3n) is 5.09. The van der Waals surface area contributed by atoms with E-state index in [1.165, 1.54) is 35.6 Å². The number of thioether (sulfide) groups is 1. The van der Waals surface area contributed by atoms with Crippen LogP contribution >= 0.6 is 23.1 Å². The Morgan fingerprint density at radius 1 is 1.14 bits per heavy atom. The van der Waals surface area contributed by atoms with Gasteiger partial charge in [0.1, 0.15) is 0 Å². The highest BCUT2D eigenvalue weighted by Gasteiger charge is 2.21. The van der Waals surface area contributed by atoms with Crippen LogP contribution in [-0.2, 0) is 18.6 Å². The molecule has 3 aromatic heterocycles. The molecule has 0 radical (unpaired) electrons. The van der Waals surface area contributed by atoms with Crippen molar-refractivity contribution in [1.82, 2.24) is 18.9 Å². The predicted molar refractivity (Wildman–Crippen MR) is 114 cm³/mol. The highest BCUT2D eigenvalue weighted by Crippen LogP contribution is 2.31. The first-order valence-electron chi connectivity index (χ1n) is 9.46. The molecule has 1 aromatic carbocycles. The summed E-state index contributed by atoms with van der Waals surface area (Å²) in [5, 5.41) is 2.96. The minimum Gasteiger partial charge on any atom is -0.292 e. The fraction of sp³-hybridized carbons (Fsp3) is 0.286. The molecule has 28 heavy (non-hydrogen) atoms. The fourth-order valence-corrected chi connectivity index (χ4v) is 5.60. The number of hydrogen-bond acceptors (Lipinski definition) is 5. The molecule has 142 valence electrons. The number of rotatable bonds is 4. The van der Waals surface area contributed by atoms with Gasteiger partial charge in [-0.05, 0) is 44.7 Å². The van der Waals surface area contributed by atoms with Gasteiger partial charge >= 0.3 is 0 Å². The van der Waals surface area contributed by atoms with Crippen molar-refractivity contribution in [3.8, 4) is 5.69 Å². The van der Waals surface area contributed by atoms with Crippen LogP contribution in [0.1, 0.15) is 35.6 Å². The second-order valence-corrected chi connectivity index (χ2v) is 8.81. The van der Waals surface area contributed by atoms with Gasteiger partial charge < -0.3 is 0 Å². The molecule has 0 saturated carbocycles. The first-order valence-corrected chi connectivity index (χ1v) is 11.3. The Bertz CT molecular complexity index is 1210. The van der Waals surface area contributed by atoms with Crippen molar-refractivity contribution in [2.45, 2.75) is 43.5 Å². The number of thiazole rings is 1. The third-order valence-corrected chi connectivity index (χ3v) is 7.01. The number of fused-ring (bicyclic) bond motifs is 2. The van der Waals surface area contributed by atoms with E-state index in [1.54, 1.807) is 22.2 Å². The van der Waals surface area contributed by atoms with E-state index >= 15 is 0 Å². The van der Waals surface area contributed by atoms with Crippen molar-refractivity contribution in [3.05, 3.63) is 74.9 Å². The Labute approximate surface area is 171 Å². The highest BCUT2D eigenvalue weighted by molar-refractivity contribution is 7.98. The van der Waals surface area contributed by atoms with Gasteiger partial charge in [-0.25, -0.2) is 9.97 Å². The minimum atomic E-state index is -0.00922. The topological polar surface area (TPSA) is 52.2 Å². The Kier molecular flexibility index (Phi) is 4.56. The van der Waals surface area contributed by atoms with Gasteiger partial charge in [-0.1, -0.05) is 30.0 Å². The van der Waals surface area contributed by atoms with Gasteiger partial charge in [0.15, 0.2) is 10.1 Å². The van der Waals surface area contributed by atoms with Crippen molar-refractivity contribution < 1.29 is 0 Å². The molecule has 1 aliphatic carbocycles. The van der Waals surface area contributed by atoms with Gasteiger partial charge in [0.05, 0.1) is 11.4 Å². The zero-order valence-electron chi connectivity index (χ0n) is 15.6. The molecule has 0 fully saturated rings.